The molecule has 3 atom stereocenters. The SMILES string of the molecule is CC(NC(=O)C(C)C(C)N)c1ccc(OC(F)F)cc1.Cl. The highest BCUT2D eigenvalue weighted by Crippen LogP contribution is 2.19. The third-order valence-electron chi connectivity index (χ3n) is 3.17. The maximum atomic E-state index is 12.0. The molecule has 3 unspecified atom stereocenters. The van der Waals surface area contributed by atoms with Crippen molar-refractivity contribution in [3.8, 4) is 5.75 Å². The fourth-order valence-electron chi connectivity index (χ4n) is 1.60. The van der Waals surface area contributed by atoms with E-state index in [0.29, 0.717) is 0 Å². The summed E-state index contributed by atoms with van der Waals surface area (Å²) in [5.41, 5.74) is 6.47. The van der Waals surface area contributed by atoms with Crippen molar-refractivity contribution >= 4 is 18.3 Å². The molecule has 1 aromatic rings. The van der Waals surface area contributed by atoms with Crippen LogP contribution in [0.4, 0.5) is 8.78 Å². The fraction of sp³-hybridized carbons (Fsp3) is 0.500. The van der Waals surface area contributed by atoms with Crippen molar-refractivity contribution in [3.05, 3.63) is 29.8 Å². The summed E-state index contributed by atoms with van der Waals surface area (Å²) in [5.74, 6) is -0.342. The predicted molar refractivity (Wildman–Crippen MR) is 79.7 cm³/mol. The van der Waals surface area contributed by atoms with Gasteiger partial charge in [0, 0.05) is 12.0 Å². The number of carbonyl (C=O) groups is 1. The molecule has 0 aliphatic rings. The number of nitrogens with two attached hydrogens (primary N) is 1. The Morgan fingerprint density at radius 1 is 1.19 bits per heavy atom. The van der Waals surface area contributed by atoms with Crippen LogP contribution in [-0.2, 0) is 4.79 Å². The first kappa shape index (κ1) is 19.6. The van der Waals surface area contributed by atoms with Crippen LogP contribution in [0.25, 0.3) is 0 Å². The van der Waals surface area contributed by atoms with Crippen LogP contribution >= 0.6 is 12.4 Å². The van der Waals surface area contributed by atoms with E-state index in [9.17, 15) is 13.6 Å². The van der Waals surface area contributed by atoms with Crippen LogP contribution in [0, 0.1) is 5.92 Å². The normalized spacial score (nSPS) is 14.8. The Labute approximate surface area is 129 Å². The first-order valence-corrected chi connectivity index (χ1v) is 6.42. The van der Waals surface area contributed by atoms with E-state index >= 15 is 0 Å². The molecule has 0 saturated carbocycles. The lowest BCUT2D eigenvalue weighted by Crippen LogP contribution is -2.39. The van der Waals surface area contributed by atoms with E-state index in [1.807, 2.05) is 6.92 Å². The molecule has 0 aliphatic carbocycles. The molecule has 4 nitrogen and oxygen atoms in total. The second kappa shape index (κ2) is 8.79. The molecule has 3 N–H and O–H groups in total. The van der Waals surface area contributed by atoms with E-state index in [-0.39, 0.29) is 42.1 Å². The van der Waals surface area contributed by atoms with Gasteiger partial charge < -0.3 is 15.8 Å². The largest absolute Gasteiger partial charge is 0.435 e. The third kappa shape index (κ3) is 6.27. The maximum absolute atomic E-state index is 12.0. The van der Waals surface area contributed by atoms with E-state index in [0.717, 1.165) is 5.56 Å². The van der Waals surface area contributed by atoms with Crippen LogP contribution in [0.3, 0.4) is 0 Å². The number of alkyl halides is 2. The number of benzene rings is 1. The van der Waals surface area contributed by atoms with Gasteiger partial charge in [0.05, 0.1) is 6.04 Å². The molecular formula is C14H21ClF2N2O2. The first-order chi connectivity index (χ1) is 9.31. The molecule has 0 fully saturated rings. The number of rotatable bonds is 6. The van der Waals surface area contributed by atoms with Crippen LogP contribution in [0.1, 0.15) is 32.4 Å². The molecular weight excluding hydrogens is 302 g/mol. The molecule has 0 radical (unpaired) electrons. The third-order valence-corrected chi connectivity index (χ3v) is 3.17. The standard InChI is InChI=1S/C14H20F2N2O2.ClH/c1-8(9(2)17)13(19)18-10(3)11-4-6-12(7-5-11)20-14(15)16;/h4-10,14H,17H2,1-3H3,(H,18,19);1H. The summed E-state index contributed by atoms with van der Waals surface area (Å²) in [5, 5.41) is 2.83. The van der Waals surface area contributed by atoms with Gasteiger partial charge in [-0.3, -0.25) is 4.79 Å². The Morgan fingerprint density at radius 2 is 1.71 bits per heavy atom. The Morgan fingerprint density at radius 3 is 2.14 bits per heavy atom. The minimum atomic E-state index is -2.84. The summed E-state index contributed by atoms with van der Waals surface area (Å²) in [6, 6.07) is 5.70. The van der Waals surface area contributed by atoms with Crippen molar-refractivity contribution in [2.75, 3.05) is 0 Å². The second-order valence-corrected chi connectivity index (χ2v) is 4.83. The average Bonchev–Trinajstić information content (AvgIpc) is 2.37. The van der Waals surface area contributed by atoms with Crippen molar-refractivity contribution in [2.45, 2.75) is 39.5 Å². The summed E-state index contributed by atoms with van der Waals surface area (Å²) in [7, 11) is 0. The van der Waals surface area contributed by atoms with Gasteiger partial charge in [0.1, 0.15) is 5.75 Å². The van der Waals surface area contributed by atoms with E-state index in [2.05, 4.69) is 10.1 Å². The van der Waals surface area contributed by atoms with Gasteiger partial charge in [0.15, 0.2) is 0 Å². The zero-order valence-corrected chi connectivity index (χ0v) is 13.0. The quantitative estimate of drug-likeness (QED) is 0.846. The summed E-state index contributed by atoms with van der Waals surface area (Å²) in [6.45, 7) is 2.50. The van der Waals surface area contributed by atoms with Gasteiger partial charge in [-0.05, 0) is 31.5 Å². The van der Waals surface area contributed by atoms with Gasteiger partial charge >= 0.3 is 6.61 Å². The van der Waals surface area contributed by atoms with E-state index in [1.165, 1.54) is 12.1 Å². The minimum absolute atomic E-state index is 0. The molecule has 1 aromatic carbocycles. The van der Waals surface area contributed by atoms with E-state index in [1.54, 1.807) is 26.0 Å². The molecule has 7 heteroatoms. The molecule has 1 rings (SSSR count). The van der Waals surface area contributed by atoms with Crippen molar-refractivity contribution in [2.24, 2.45) is 11.7 Å². The van der Waals surface area contributed by atoms with E-state index in [4.69, 9.17) is 5.73 Å². The number of carbonyl (C=O) groups excluding carboxylic acids is 1. The first-order valence-electron chi connectivity index (χ1n) is 6.42. The smallest absolute Gasteiger partial charge is 0.387 e. The molecule has 0 saturated heterocycles. The van der Waals surface area contributed by atoms with Gasteiger partial charge in [-0.1, -0.05) is 19.1 Å². The molecule has 120 valence electrons. The lowest BCUT2D eigenvalue weighted by molar-refractivity contribution is -0.125. The molecule has 1 amide bonds. The molecule has 0 aliphatic heterocycles. The predicted octanol–water partition coefficient (Wildman–Crippen LogP) is 2.87. The van der Waals surface area contributed by atoms with Crippen molar-refractivity contribution in [1.29, 1.82) is 0 Å². The molecule has 21 heavy (non-hydrogen) atoms. The van der Waals surface area contributed by atoms with Gasteiger partial charge in [0.2, 0.25) is 5.91 Å². The Hall–Kier alpha value is -1.40. The minimum Gasteiger partial charge on any atom is -0.435 e. The monoisotopic (exact) mass is 322 g/mol. The van der Waals surface area contributed by atoms with E-state index < -0.39 is 6.61 Å². The Balaban J connectivity index is 0.00000400. The number of amides is 1. The van der Waals surface area contributed by atoms with Gasteiger partial charge in [-0.15, -0.1) is 12.4 Å². The second-order valence-electron chi connectivity index (χ2n) is 4.83. The van der Waals surface area contributed by atoms with Crippen LogP contribution < -0.4 is 15.8 Å². The summed E-state index contributed by atoms with van der Waals surface area (Å²) in [6.07, 6.45) is 0. The zero-order chi connectivity index (χ0) is 15.3. The lowest BCUT2D eigenvalue weighted by atomic mass is 10.0. The number of hydrogen-bond donors (Lipinski definition) is 2. The van der Waals surface area contributed by atoms with Crippen LogP contribution in [0.15, 0.2) is 24.3 Å². The Bertz CT molecular complexity index is 441. The van der Waals surface area contributed by atoms with Crippen LogP contribution in [0.5, 0.6) is 5.75 Å². The molecule has 0 heterocycles. The number of hydrogen-bond acceptors (Lipinski definition) is 3. The number of nitrogens with one attached hydrogen (secondary N) is 1. The maximum Gasteiger partial charge on any atom is 0.387 e. The van der Waals surface area contributed by atoms with Crippen LogP contribution in [0.2, 0.25) is 0 Å². The average molecular weight is 323 g/mol. The molecule has 0 bridgehead atoms. The zero-order valence-electron chi connectivity index (χ0n) is 12.2. The summed E-state index contributed by atoms with van der Waals surface area (Å²) < 4.78 is 28.3. The summed E-state index contributed by atoms with van der Waals surface area (Å²) in [4.78, 5) is 11.9. The number of halogens is 3. The lowest BCUT2D eigenvalue weighted by Gasteiger charge is -2.20. The molecule has 0 spiro atoms. The topological polar surface area (TPSA) is 64.4 Å². The number of ether oxygens (including phenoxy) is 1. The highest BCUT2D eigenvalue weighted by atomic mass is 35.5. The highest BCUT2D eigenvalue weighted by Gasteiger charge is 2.19. The van der Waals surface area contributed by atoms with Gasteiger partial charge in [-0.25, -0.2) is 0 Å². The highest BCUT2D eigenvalue weighted by molar-refractivity contribution is 5.85. The fourth-order valence-corrected chi connectivity index (χ4v) is 1.60. The van der Waals surface area contributed by atoms with Crippen LogP contribution in [-0.4, -0.2) is 18.6 Å². The van der Waals surface area contributed by atoms with Crippen molar-refractivity contribution in [3.63, 3.8) is 0 Å². The van der Waals surface area contributed by atoms with Crippen molar-refractivity contribution in [1.82, 2.24) is 5.32 Å². The summed E-state index contributed by atoms with van der Waals surface area (Å²) >= 11 is 0. The van der Waals surface area contributed by atoms with Gasteiger partial charge in [0.25, 0.3) is 0 Å². The Kier molecular flexibility index (Phi) is 8.21. The van der Waals surface area contributed by atoms with Crippen molar-refractivity contribution < 1.29 is 18.3 Å². The molecule has 0 aromatic heterocycles. The van der Waals surface area contributed by atoms with Gasteiger partial charge in [-0.2, -0.15) is 8.78 Å².